The third-order valence-electron chi connectivity index (χ3n) is 6.79. The number of hydrogen-bond acceptors (Lipinski definition) is 7. The normalized spacial score (nSPS) is 11.5. The molecule has 0 unspecified atom stereocenters. The molecule has 212 valence electrons. The Morgan fingerprint density at radius 2 is 1.60 bits per heavy atom. The largest absolute Gasteiger partial charge is 0.399 e. The van der Waals surface area contributed by atoms with Crippen LogP contribution in [0.25, 0.3) is 32.3 Å². The quantitative estimate of drug-likeness (QED) is 0.278. The minimum Gasteiger partial charge on any atom is -0.399 e. The van der Waals surface area contributed by atoms with E-state index in [1.54, 1.807) is 42.7 Å². The summed E-state index contributed by atoms with van der Waals surface area (Å²) < 4.78 is 33.5. The van der Waals surface area contributed by atoms with Crippen LogP contribution >= 0.6 is 11.3 Å². The van der Waals surface area contributed by atoms with Crippen LogP contribution in [-0.4, -0.2) is 42.9 Å². The monoisotopic (exact) mass is 585 g/mol. The topological polar surface area (TPSA) is 104 Å². The molecule has 4 aromatic heterocycles. The van der Waals surface area contributed by atoms with Gasteiger partial charge in [0.15, 0.2) is 5.82 Å². The van der Waals surface area contributed by atoms with E-state index in [-0.39, 0.29) is 16.8 Å². The second-order valence-electron chi connectivity index (χ2n) is 9.96. The van der Waals surface area contributed by atoms with Gasteiger partial charge in [-0.1, -0.05) is 24.3 Å². The molecule has 2 N–H and O–H groups in total. The second-order valence-corrected chi connectivity index (χ2v) is 11.0. The Hall–Kier alpha value is -4.94. The zero-order chi connectivity index (χ0) is 29.5. The van der Waals surface area contributed by atoms with Gasteiger partial charge in [-0.05, 0) is 67.7 Å². The van der Waals surface area contributed by atoms with Crippen molar-refractivity contribution in [3.8, 4) is 22.1 Å². The number of pyridine rings is 1. The lowest BCUT2D eigenvalue weighted by molar-refractivity contribution is 0.405. The molecule has 6 rings (SSSR count). The van der Waals surface area contributed by atoms with Gasteiger partial charge in [-0.2, -0.15) is 5.10 Å². The number of thiophene rings is 1. The van der Waals surface area contributed by atoms with Gasteiger partial charge in [-0.15, -0.1) is 11.3 Å². The molecule has 0 spiro atoms. The minimum absolute atomic E-state index is 0.0543. The van der Waals surface area contributed by atoms with E-state index in [0.717, 1.165) is 27.1 Å². The first kappa shape index (κ1) is 27.2. The van der Waals surface area contributed by atoms with E-state index in [9.17, 15) is 18.4 Å². The van der Waals surface area contributed by atoms with E-state index in [1.165, 1.54) is 32.7 Å². The van der Waals surface area contributed by atoms with Crippen molar-refractivity contribution >= 4 is 27.2 Å². The van der Waals surface area contributed by atoms with E-state index in [0.29, 0.717) is 28.4 Å². The number of rotatable bonds is 7. The highest BCUT2D eigenvalue weighted by molar-refractivity contribution is 7.22. The number of halogens is 2. The van der Waals surface area contributed by atoms with Gasteiger partial charge in [0, 0.05) is 35.1 Å². The van der Waals surface area contributed by atoms with E-state index in [2.05, 4.69) is 10.1 Å². The van der Waals surface area contributed by atoms with E-state index < -0.39 is 29.4 Å². The Bertz CT molecular complexity index is 2030. The third-order valence-corrected chi connectivity index (χ3v) is 8.09. The van der Waals surface area contributed by atoms with Crippen molar-refractivity contribution in [2.24, 2.45) is 0 Å². The molecule has 42 heavy (non-hydrogen) atoms. The van der Waals surface area contributed by atoms with Crippen molar-refractivity contribution in [3.05, 3.63) is 123 Å². The summed E-state index contributed by atoms with van der Waals surface area (Å²) in [6.07, 6.45) is 3.27. The Kier molecular flexibility index (Phi) is 7.01. The van der Waals surface area contributed by atoms with Gasteiger partial charge in [0.1, 0.15) is 22.3 Å². The molecule has 0 saturated heterocycles. The maximum atomic E-state index is 14.9. The van der Waals surface area contributed by atoms with Crippen molar-refractivity contribution in [3.63, 3.8) is 0 Å². The first-order chi connectivity index (χ1) is 20.2. The molecule has 0 atom stereocenters. The highest BCUT2D eigenvalue weighted by Gasteiger charge is 2.25. The van der Waals surface area contributed by atoms with Gasteiger partial charge in [-0.3, -0.25) is 9.36 Å². The van der Waals surface area contributed by atoms with Gasteiger partial charge >= 0.3 is 5.69 Å². The molecule has 0 amide bonds. The van der Waals surface area contributed by atoms with Crippen molar-refractivity contribution < 1.29 is 8.78 Å². The van der Waals surface area contributed by atoms with E-state index in [4.69, 9.17) is 5.73 Å². The number of nitrogens with two attached hydrogens (primary N) is 1. The minimum atomic E-state index is -0.796. The highest BCUT2D eigenvalue weighted by atomic mass is 32.1. The third kappa shape index (κ3) is 4.80. The number of fused-ring (bicyclic) bond motifs is 1. The maximum absolute atomic E-state index is 14.9. The SMILES string of the molecule is CN(C)Cc1c(-c2ccc(N)cc2)sc2c1c(=O)n(-c1cccc(-n3cccn3)n1)c(=O)n2Cc1c(F)cccc1F. The lowest BCUT2D eigenvalue weighted by Crippen LogP contribution is -2.39. The Labute approximate surface area is 242 Å². The zero-order valence-corrected chi connectivity index (χ0v) is 23.5. The zero-order valence-electron chi connectivity index (χ0n) is 22.7. The van der Waals surface area contributed by atoms with Gasteiger partial charge in [0.25, 0.3) is 5.56 Å². The van der Waals surface area contributed by atoms with Crippen molar-refractivity contribution in [2.75, 3.05) is 19.8 Å². The first-order valence-corrected chi connectivity index (χ1v) is 13.8. The van der Waals surface area contributed by atoms with Gasteiger partial charge in [-0.25, -0.2) is 27.8 Å². The summed E-state index contributed by atoms with van der Waals surface area (Å²) in [6.45, 7) is -0.0714. The lowest BCUT2D eigenvalue weighted by atomic mass is 10.1. The lowest BCUT2D eigenvalue weighted by Gasteiger charge is -2.15. The molecule has 2 aromatic carbocycles. The Morgan fingerprint density at radius 3 is 2.26 bits per heavy atom. The average molecular weight is 586 g/mol. The van der Waals surface area contributed by atoms with Gasteiger partial charge in [0.2, 0.25) is 0 Å². The summed E-state index contributed by atoms with van der Waals surface area (Å²) in [5.74, 6) is -1.15. The van der Waals surface area contributed by atoms with Crippen molar-refractivity contribution in [1.29, 1.82) is 0 Å². The number of hydrogen-bond donors (Lipinski definition) is 1. The predicted molar refractivity (Wildman–Crippen MR) is 159 cm³/mol. The highest BCUT2D eigenvalue weighted by Crippen LogP contribution is 2.38. The van der Waals surface area contributed by atoms with Crippen LogP contribution in [0.15, 0.2) is 88.7 Å². The molecule has 9 nitrogen and oxygen atoms in total. The van der Waals surface area contributed by atoms with Crippen LogP contribution in [0, 0.1) is 11.6 Å². The molecule has 0 aliphatic carbocycles. The Morgan fingerprint density at radius 1 is 0.905 bits per heavy atom. The van der Waals surface area contributed by atoms with Crippen LogP contribution in [0.4, 0.5) is 14.5 Å². The molecule has 0 bridgehead atoms. The molecule has 0 saturated carbocycles. The fourth-order valence-electron chi connectivity index (χ4n) is 4.86. The number of nitrogens with zero attached hydrogens (tertiary/aromatic N) is 6. The predicted octanol–water partition coefficient (Wildman–Crippen LogP) is 4.43. The smallest absolute Gasteiger partial charge is 0.338 e. The van der Waals surface area contributed by atoms with Crippen LogP contribution in [-0.2, 0) is 13.1 Å². The molecule has 4 heterocycles. The van der Waals surface area contributed by atoms with Crippen molar-refractivity contribution in [2.45, 2.75) is 13.1 Å². The molecule has 0 radical (unpaired) electrons. The summed E-state index contributed by atoms with van der Waals surface area (Å²) in [6, 6.07) is 17.3. The maximum Gasteiger partial charge on any atom is 0.338 e. The standard InChI is InChI=1S/C30H25F2N7O2S/c1-36(2)16-21-26-28(40)39(25-9-4-8-24(35-25)38-15-5-14-34-38)30(41)37(17-20-22(31)6-3-7-23(20)32)29(26)42-27(21)18-10-12-19(33)13-11-18/h3-15H,16-17,33H2,1-2H3. The number of benzene rings is 2. The Balaban J connectivity index is 1.70. The van der Waals surface area contributed by atoms with Crippen LogP contribution in [0.2, 0.25) is 0 Å². The summed E-state index contributed by atoms with van der Waals surface area (Å²) >= 11 is 1.22. The second kappa shape index (κ2) is 10.8. The van der Waals surface area contributed by atoms with Gasteiger partial charge in [0.05, 0.1) is 11.9 Å². The molecule has 6 aromatic rings. The van der Waals surface area contributed by atoms with Crippen LogP contribution in [0.1, 0.15) is 11.1 Å². The van der Waals surface area contributed by atoms with E-state index >= 15 is 0 Å². The summed E-state index contributed by atoms with van der Waals surface area (Å²) in [5, 5.41) is 4.45. The molecule has 0 fully saturated rings. The fraction of sp³-hybridized carbons (Fsp3) is 0.133. The fourth-order valence-corrected chi connectivity index (χ4v) is 6.16. The summed E-state index contributed by atoms with van der Waals surface area (Å²) in [5.41, 5.74) is 6.32. The van der Waals surface area contributed by atoms with Crippen molar-refractivity contribution in [1.82, 2.24) is 28.8 Å². The molecular weight excluding hydrogens is 560 g/mol. The molecule has 0 aliphatic heterocycles. The van der Waals surface area contributed by atoms with Crippen LogP contribution in [0.5, 0.6) is 0 Å². The molecular formula is C30H25F2N7O2S. The summed E-state index contributed by atoms with van der Waals surface area (Å²) in [4.78, 5) is 35.9. The van der Waals surface area contributed by atoms with Gasteiger partial charge < -0.3 is 10.6 Å². The number of anilines is 1. The van der Waals surface area contributed by atoms with Crippen LogP contribution < -0.4 is 17.0 Å². The van der Waals surface area contributed by atoms with E-state index in [1.807, 2.05) is 31.1 Å². The molecule has 12 heteroatoms. The summed E-state index contributed by atoms with van der Waals surface area (Å²) in [7, 11) is 3.74. The van der Waals surface area contributed by atoms with Crippen LogP contribution in [0.3, 0.4) is 0 Å². The number of nitrogen functional groups attached to an aromatic ring is 1. The molecule has 0 aliphatic rings. The first-order valence-electron chi connectivity index (χ1n) is 12.9. The average Bonchev–Trinajstić information content (AvgIpc) is 3.62. The number of aromatic nitrogens is 5.